The molecule has 1 aromatic carbocycles. The third kappa shape index (κ3) is 3.56. The highest BCUT2D eigenvalue weighted by atomic mass is 15.2. The molecule has 3 heteroatoms. The fraction of sp³-hybridized carbons (Fsp3) is 0.533. The van der Waals surface area contributed by atoms with Crippen molar-refractivity contribution in [2.45, 2.75) is 25.9 Å². The van der Waals surface area contributed by atoms with E-state index < -0.39 is 0 Å². The van der Waals surface area contributed by atoms with E-state index in [1.165, 1.54) is 5.56 Å². The second kappa shape index (κ2) is 6.53. The molecule has 1 heterocycles. The second-order valence-corrected chi connectivity index (χ2v) is 5.19. The van der Waals surface area contributed by atoms with Gasteiger partial charge in [-0.3, -0.25) is 4.90 Å². The summed E-state index contributed by atoms with van der Waals surface area (Å²) in [5.41, 5.74) is 1.33. The third-order valence-corrected chi connectivity index (χ3v) is 3.49. The van der Waals surface area contributed by atoms with E-state index in [1.54, 1.807) is 0 Å². The fourth-order valence-corrected chi connectivity index (χ4v) is 2.56. The molecular formula is C15H21N3. The van der Waals surface area contributed by atoms with Gasteiger partial charge < -0.3 is 5.32 Å². The van der Waals surface area contributed by atoms with Crippen molar-refractivity contribution in [1.82, 2.24) is 10.2 Å². The molecule has 0 aromatic heterocycles. The molecule has 2 atom stereocenters. The lowest BCUT2D eigenvalue weighted by atomic mass is 10.1. The van der Waals surface area contributed by atoms with Crippen LogP contribution in [0.1, 0.15) is 18.9 Å². The Labute approximate surface area is 109 Å². The summed E-state index contributed by atoms with van der Waals surface area (Å²) in [6.45, 7) is 6.24. The molecule has 1 aromatic rings. The van der Waals surface area contributed by atoms with Crippen molar-refractivity contribution in [1.29, 1.82) is 5.26 Å². The molecular weight excluding hydrogens is 222 g/mol. The summed E-state index contributed by atoms with van der Waals surface area (Å²) >= 11 is 0. The minimum atomic E-state index is 0.333. The Morgan fingerprint density at radius 2 is 2.11 bits per heavy atom. The first kappa shape index (κ1) is 13.1. The van der Waals surface area contributed by atoms with E-state index in [1.807, 2.05) is 6.07 Å². The predicted octanol–water partition coefficient (Wildman–Crippen LogP) is 2.01. The van der Waals surface area contributed by atoms with E-state index in [2.05, 4.69) is 47.5 Å². The Morgan fingerprint density at radius 3 is 2.83 bits per heavy atom. The first-order chi connectivity index (χ1) is 8.79. The summed E-state index contributed by atoms with van der Waals surface area (Å²) in [6.07, 6.45) is 0.604. The lowest BCUT2D eigenvalue weighted by molar-refractivity contribution is 0.185. The van der Waals surface area contributed by atoms with Crippen molar-refractivity contribution in [3.05, 3.63) is 35.9 Å². The van der Waals surface area contributed by atoms with Crippen molar-refractivity contribution >= 4 is 0 Å². The van der Waals surface area contributed by atoms with Gasteiger partial charge in [-0.2, -0.15) is 5.26 Å². The molecule has 0 amide bonds. The van der Waals surface area contributed by atoms with Crippen LogP contribution in [-0.2, 0) is 6.54 Å². The van der Waals surface area contributed by atoms with Crippen LogP contribution in [0.4, 0.5) is 0 Å². The van der Waals surface area contributed by atoms with Crippen LogP contribution in [0.5, 0.6) is 0 Å². The molecule has 1 aliphatic heterocycles. The molecule has 1 aliphatic rings. The Morgan fingerprint density at radius 1 is 1.33 bits per heavy atom. The normalized spacial score (nSPS) is 25.3. The molecule has 0 radical (unpaired) electrons. The molecule has 18 heavy (non-hydrogen) atoms. The zero-order valence-corrected chi connectivity index (χ0v) is 11.0. The highest BCUT2D eigenvalue weighted by Crippen LogP contribution is 2.15. The van der Waals surface area contributed by atoms with Gasteiger partial charge in [0.25, 0.3) is 0 Å². The molecule has 1 saturated heterocycles. The maximum absolute atomic E-state index is 8.96. The largest absolute Gasteiger partial charge is 0.315 e. The van der Waals surface area contributed by atoms with Crippen LogP contribution in [0, 0.1) is 17.2 Å². The van der Waals surface area contributed by atoms with Gasteiger partial charge in [0, 0.05) is 25.7 Å². The van der Waals surface area contributed by atoms with Gasteiger partial charge in [-0.05, 0) is 18.0 Å². The monoisotopic (exact) mass is 243 g/mol. The highest BCUT2D eigenvalue weighted by Gasteiger charge is 2.23. The smallest absolute Gasteiger partial charge is 0.0638 e. The molecule has 3 nitrogen and oxygen atoms in total. The molecule has 0 aliphatic carbocycles. The summed E-state index contributed by atoms with van der Waals surface area (Å²) in [4.78, 5) is 2.45. The van der Waals surface area contributed by atoms with E-state index in [0.29, 0.717) is 18.4 Å². The maximum atomic E-state index is 8.96. The van der Waals surface area contributed by atoms with Crippen LogP contribution in [0.2, 0.25) is 0 Å². The van der Waals surface area contributed by atoms with E-state index in [0.717, 1.165) is 26.2 Å². The lowest BCUT2D eigenvalue weighted by Crippen LogP contribution is -2.39. The first-order valence-electron chi connectivity index (χ1n) is 6.65. The molecule has 0 spiro atoms. The number of hydrogen-bond donors (Lipinski definition) is 1. The highest BCUT2D eigenvalue weighted by molar-refractivity contribution is 5.14. The molecule has 1 fully saturated rings. The summed E-state index contributed by atoms with van der Waals surface area (Å²) in [5.74, 6) is 0.636. The van der Waals surface area contributed by atoms with Crippen molar-refractivity contribution in [2.24, 2.45) is 5.92 Å². The van der Waals surface area contributed by atoms with Gasteiger partial charge in [-0.15, -0.1) is 0 Å². The van der Waals surface area contributed by atoms with Crippen LogP contribution in [0.25, 0.3) is 0 Å². The first-order valence-corrected chi connectivity index (χ1v) is 6.65. The SMILES string of the molecule is CC1CNCC(CC#N)N(Cc2ccccc2)C1. The van der Waals surface area contributed by atoms with Gasteiger partial charge >= 0.3 is 0 Å². The molecule has 1 N–H and O–H groups in total. The zero-order valence-electron chi connectivity index (χ0n) is 11.0. The molecule has 2 rings (SSSR count). The van der Waals surface area contributed by atoms with Crippen molar-refractivity contribution in [3.8, 4) is 6.07 Å². The Hall–Kier alpha value is -1.37. The van der Waals surface area contributed by atoms with Crippen LogP contribution in [0.3, 0.4) is 0 Å². The van der Waals surface area contributed by atoms with Crippen LogP contribution >= 0.6 is 0 Å². The number of hydrogen-bond acceptors (Lipinski definition) is 3. The van der Waals surface area contributed by atoms with Crippen LogP contribution < -0.4 is 5.32 Å². The number of nitrogens with zero attached hydrogens (tertiary/aromatic N) is 2. The number of rotatable bonds is 3. The minimum Gasteiger partial charge on any atom is -0.315 e. The molecule has 2 unspecified atom stereocenters. The summed E-state index contributed by atoms with van der Waals surface area (Å²) < 4.78 is 0. The fourth-order valence-electron chi connectivity index (χ4n) is 2.56. The van der Waals surface area contributed by atoms with Gasteiger partial charge in [0.1, 0.15) is 0 Å². The van der Waals surface area contributed by atoms with Gasteiger partial charge in [0.2, 0.25) is 0 Å². The lowest BCUT2D eigenvalue weighted by Gasteiger charge is -2.29. The second-order valence-electron chi connectivity index (χ2n) is 5.19. The van der Waals surface area contributed by atoms with Gasteiger partial charge in [-0.25, -0.2) is 0 Å². The minimum absolute atomic E-state index is 0.333. The van der Waals surface area contributed by atoms with Crippen LogP contribution in [-0.4, -0.2) is 30.6 Å². The predicted molar refractivity (Wildman–Crippen MR) is 72.9 cm³/mol. The van der Waals surface area contributed by atoms with E-state index >= 15 is 0 Å². The average Bonchev–Trinajstić information content (AvgIpc) is 2.54. The van der Waals surface area contributed by atoms with Gasteiger partial charge in [-0.1, -0.05) is 37.3 Å². The number of benzene rings is 1. The zero-order chi connectivity index (χ0) is 12.8. The summed E-state index contributed by atoms with van der Waals surface area (Å²) in [6, 6.07) is 13.2. The summed E-state index contributed by atoms with van der Waals surface area (Å²) in [5, 5.41) is 12.4. The molecule has 96 valence electrons. The van der Waals surface area contributed by atoms with Crippen molar-refractivity contribution in [3.63, 3.8) is 0 Å². The van der Waals surface area contributed by atoms with Crippen molar-refractivity contribution in [2.75, 3.05) is 19.6 Å². The topological polar surface area (TPSA) is 39.1 Å². The summed E-state index contributed by atoms with van der Waals surface area (Å²) in [7, 11) is 0. The van der Waals surface area contributed by atoms with E-state index in [-0.39, 0.29) is 0 Å². The quantitative estimate of drug-likeness (QED) is 0.882. The standard InChI is InChI=1S/C15H21N3/c1-13-9-17-10-15(7-8-16)18(11-13)12-14-5-3-2-4-6-14/h2-6,13,15,17H,7,9-12H2,1H3. The van der Waals surface area contributed by atoms with Crippen LogP contribution in [0.15, 0.2) is 30.3 Å². The maximum Gasteiger partial charge on any atom is 0.0638 e. The average molecular weight is 243 g/mol. The van der Waals surface area contributed by atoms with Crippen molar-refractivity contribution < 1.29 is 0 Å². The molecule has 0 saturated carbocycles. The Balaban J connectivity index is 2.07. The Kier molecular flexibility index (Phi) is 4.74. The van der Waals surface area contributed by atoms with E-state index in [4.69, 9.17) is 5.26 Å². The van der Waals surface area contributed by atoms with E-state index in [9.17, 15) is 0 Å². The number of nitrogens with one attached hydrogen (secondary N) is 1. The third-order valence-electron chi connectivity index (χ3n) is 3.49. The van der Waals surface area contributed by atoms with Gasteiger partial charge in [0.05, 0.1) is 12.5 Å². The Bertz CT molecular complexity index is 396. The van der Waals surface area contributed by atoms with Gasteiger partial charge in [0.15, 0.2) is 0 Å². The molecule has 0 bridgehead atoms. The number of nitriles is 1.